The van der Waals surface area contributed by atoms with Gasteiger partial charge in [0, 0.05) is 42.4 Å². The lowest BCUT2D eigenvalue weighted by Crippen LogP contribution is -2.21. The fraction of sp³-hybridized carbons (Fsp3) is 0.333. The van der Waals surface area contributed by atoms with Crippen molar-refractivity contribution < 1.29 is 4.79 Å². The van der Waals surface area contributed by atoms with Crippen LogP contribution in [0.3, 0.4) is 0 Å². The van der Waals surface area contributed by atoms with E-state index in [0.717, 1.165) is 52.6 Å². The maximum atomic E-state index is 12.0. The zero-order chi connectivity index (χ0) is 17.6. The smallest absolute Gasteiger partial charge is 0.259 e. The van der Waals surface area contributed by atoms with Gasteiger partial charge in [0.2, 0.25) is 0 Å². The van der Waals surface area contributed by atoms with E-state index in [2.05, 4.69) is 19.9 Å². The third kappa shape index (κ3) is 2.84. The fourth-order valence-corrected chi connectivity index (χ4v) is 4.68. The number of aryl methyl sites for hydroxylation is 2. The number of fused-ring (bicyclic) bond motifs is 1. The minimum absolute atomic E-state index is 0.246. The molecule has 1 atom stereocenters. The van der Waals surface area contributed by atoms with Crippen LogP contribution in [-0.2, 0) is 0 Å². The molecule has 3 aromatic rings. The number of anilines is 1. The first-order chi connectivity index (χ1) is 12.0. The van der Waals surface area contributed by atoms with Gasteiger partial charge in [-0.3, -0.25) is 4.79 Å². The Morgan fingerprint density at radius 1 is 1.36 bits per heavy atom. The van der Waals surface area contributed by atoms with Gasteiger partial charge in [0.25, 0.3) is 5.91 Å². The van der Waals surface area contributed by atoms with Crippen molar-refractivity contribution in [2.75, 3.05) is 18.0 Å². The lowest BCUT2D eigenvalue weighted by Gasteiger charge is -2.18. The van der Waals surface area contributed by atoms with Gasteiger partial charge in [-0.25, -0.2) is 15.0 Å². The van der Waals surface area contributed by atoms with E-state index in [1.807, 2.05) is 32.0 Å². The summed E-state index contributed by atoms with van der Waals surface area (Å²) in [4.78, 5) is 29.0. The van der Waals surface area contributed by atoms with Crippen LogP contribution < -0.4 is 10.6 Å². The summed E-state index contributed by atoms with van der Waals surface area (Å²) in [5, 5.41) is 1.04. The summed E-state index contributed by atoms with van der Waals surface area (Å²) in [6.45, 7) is 5.61. The number of primary amides is 1. The molecular weight excluding hydrogens is 334 g/mol. The molecule has 0 spiro atoms. The first-order valence-electron chi connectivity index (χ1n) is 8.27. The minimum Gasteiger partial charge on any atom is -0.365 e. The molecule has 1 fully saturated rings. The maximum Gasteiger partial charge on any atom is 0.259 e. The van der Waals surface area contributed by atoms with Crippen molar-refractivity contribution in [1.29, 1.82) is 0 Å². The van der Waals surface area contributed by atoms with Crippen LogP contribution in [0, 0.1) is 13.8 Å². The van der Waals surface area contributed by atoms with Crippen LogP contribution >= 0.6 is 11.3 Å². The molecule has 0 aliphatic carbocycles. The summed E-state index contributed by atoms with van der Waals surface area (Å²) >= 11 is 1.39. The summed E-state index contributed by atoms with van der Waals surface area (Å²) in [6.07, 6.45) is 2.71. The summed E-state index contributed by atoms with van der Waals surface area (Å²) < 4.78 is 0. The van der Waals surface area contributed by atoms with Crippen molar-refractivity contribution in [3.63, 3.8) is 0 Å². The molecule has 3 aromatic heterocycles. The lowest BCUT2D eigenvalue weighted by atomic mass is 9.95. The molecule has 1 amide bonds. The number of hydrogen-bond donors (Lipinski definition) is 1. The third-order valence-corrected chi connectivity index (χ3v) is 5.75. The van der Waals surface area contributed by atoms with Crippen LogP contribution in [0.4, 0.5) is 5.82 Å². The van der Waals surface area contributed by atoms with Crippen molar-refractivity contribution in [2.24, 2.45) is 5.73 Å². The average molecular weight is 353 g/mol. The number of amides is 1. The maximum absolute atomic E-state index is 12.0. The zero-order valence-corrected chi connectivity index (χ0v) is 15.0. The number of carbonyl (C=O) groups excluding carboxylic acids is 1. The van der Waals surface area contributed by atoms with E-state index in [1.54, 1.807) is 6.20 Å². The van der Waals surface area contributed by atoms with E-state index in [1.165, 1.54) is 11.3 Å². The standard InChI is InChI=1S/C18H19N5OS/c1-10-8-14(22-11(2)21-10)23-7-5-12(9-23)15-13-4-3-6-20-18(13)25-16(15)17(19)24/h3-4,6,8,12H,5,7,9H2,1-2H3,(H2,19,24)/t12-/m0/s1. The van der Waals surface area contributed by atoms with Crippen molar-refractivity contribution in [3.05, 3.63) is 46.4 Å². The summed E-state index contributed by atoms with van der Waals surface area (Å²) in [5.41, 5.74) is 7.65. The molecule has 7 heteroatoms. The second kappa shape index (κ2) is 6.07. The topological polar surface area (TPSA) is 85.0 Å². The van der Waals surface area contributed by atoms with Gasteiger partial charge in [-0.15, -0.1) is 11.3 Å². The summed E-state index contributed by atoms with van der Waals surface area (Å²) in [5.74, 6) is 1.61. The van der Waals surface area contributed by atoms with Crippen LogP contribution in [0.15, 0.2) is 24.4 Å². The highest BCUT2D eigenvalue weighted by molar-refractivity contribution is 7.20. The first-order valence-corrected chi connectivity index (χ1v) is 9.09. The molecule has 0 aromatic carbocycles. The molecule has 4 heterocycles. The Labute approximate surface area is 149 Å². The highest BCUT2D eigenvalue weighted by atomic mass is 32.1. The number of nitrogens with zero attached hydrogens (tertiary/aromatic N) is 4. The van der Waals surface area contributed by atoms with Crippen molar-refractivity contribution in [3.8, 4) is 0 Å². The SMILES string of the molecule is Cc1cc(N2CC[C@H](c3c(C(N)=O)sc4ncccc34)C2)nc(C)n1. The lowest BCUT2D eigenvalue weighted by molar-refractivity contribution is 0.100. The molecule has 128 valence electrons. The van der Waals surface area contributed by atoms with E-state index >= 15 is 0 Å². The van der Waals surface area contributed by atoms with Crippen LogP contribution in [0.25, 0.3) is 10.2 Å². The van der Waals surface area contributed by atoms with Crippen molar-refractivity contribution in [2.45, 2.75) is 26.2 Å². The molecule has 0 bridgehead atoms. The normalized spacial score (nSPS) is 17.4. The second-order valence-electron chi connectivity index (χ2n) is 6.41. The molecule has 1 aliphatic rings. The number of thiophene rings is 1. The Kier molecular flexibility index (Phi) is 3.88. The van der Waals surface area contributed by atoms with Crippen LogP contribution in [0.1, 0.15) is 39.1 Å². The number of aromatic nitrogens is 3. The molecule has 1 saturated heterocycles. The van der Waals surface area contributed by atoms with Gasteiger partial charge in [0.15, 0.2) is 0 Å². The van der Waals surface area contributed by atoms with E-state index < -0.39 is 0 Å². The Morgan fingerprint density at radius 2 is 2.20 bits per heavy atom. The predicted octanol–water partition coefficient (Wildman–Crippen LogP) is 2.80. The molecule has 1 aliphatic heterocycles. The number of carbonyl (C=O) groups is 1. The Hall–Kier alpha value is -2.54. The highest BCUT2D eigenvalue weighted by Crippen LogP contribution is 2.39. The van der Waals surface area contributed by atoms with Crippen LogP contribution in [0.2, 0.25) is 0 Å². The van der Waals surface area contributed by atoms with Gasteiger partial charge >= 0.3 is 0 Å². The quantitative estimate of drug-likeness (QED) is 0.782. The van der Waals surface area contributed by atoms with Crippen LogP contribution in [-0.4, -0.2) is 33.9 Å². The number of hydrogen-bond acceptors (Lipinski definition) is 6. The third-order valence-electron chi connectivity index (χ3n) is 4.60. The van der Waals surface area contributed by atoms with Gasteiger partial charge < -0.3 is 10.6 Å². The van der Waals surface area contributed by atoms with Crippen molar-refractivity contribution >= 4 is 33.3 Å². The molecule has 0 saturated carbocycles. The largest absolute Gasteiger partial charge is 0.365 e. The van der Waals surface area contributed by atoms with E-state index in [0.29, 0.717) is 4.88 Å². The minimum atomic E-state index is -0.370. The summed E-state index contributed by atoms with van der Waals surface area (Å²) in [7, 11) is 0. The zero-order valence-electron chi connectivity index (χ0n) is 14.2. The summed E-state index contributed by atoms with van der Waals surface area (Å²) in [6, 6.07) is 5.95. The van der Waals surface area contributed by atoms with Gasteiger partial charge in [-0.1, -0.05) is 6.07 Å². The van der Waals surface area contributed by atoms with Gasteiger partial charge in [-0.05, 0) is 31.9 Å². The Morgan fingerprint density at radius 3 is 2.96 bits per heavy atom. The van der Waals surface area contributed by atoms with Crippen LogP contribution in [0.5, 0.6) is 0 Å². The van der Waals surface area contributed by atoms with E-state index in [9.17, 15) is 4.79 Å². The Balaban J connectivity index is 1.71. The monoisotopic (exact) mass is 353 g/mol. The molecule has 25 heavy (non-hydrogen) atoms. The average Bonchev–Trinajstić information content (AvgIpc) is 3.18. The number of pyridine rings is 1. The highest BCUT2D eigenvalue weighted by Gasteiger charge is 2.31. The van der Waals surface area contributed by atoms with Crippen molar-refractivity contribution in [1.82, 2.24) is 15.0 Å². The fourth-order valence-electron chi connectivity index (χ4n) is 3.60. The Bertz CT molecular complexity index is 947. The molecule has 0 unspecified atom stereocenters. The molecule has 2 N–H and O–H groups in total. The molecule has 0 radical (unpaired) electrons. The van der Waals surface area contributed by atoms with E-state index in [4.69, 9.17) is 5.73 Å². The number of nitrogens with two attached hydrogens (primary N) is 1. The van der Waals surface area contributed by atoms with Gasteiger partial charge in [0.1, 0.15) is 16.5 Å². The molecule has 4 rings (SSSR count). The predicted molar refractivity (Wildman–Crippen MR) is 99.2 cm³/mol. The van der Waals surface area contributed by atoms with E-state index in [-0.39, 0.29) is 11.8 Å². The van der Waals surface area contributed by atoms with Gasteiger partial charge in [0.05, 0.1) is 4.88 Å². The second-order valence-corrected chi connectivity index (χ2v) is 7.41. The first kappa shape index (κ1) is 16.0. The molecule has 6 nitrogen and oxygen atoms in total. The molecular formula is C18H19N5OS. The van der Waals surface area contributed by atoms with Gasteiger partial charge in [-0.2, -0.15) is 0 Å². The number of rotatable bonds is 3.